The Morgan fingerprint density at radius 1 is 0.963 bits per heavy atom. The number of anilines is 2. The van der Waals surface area contributed by atoms with Gasteiger partial charge in [-0.3, -0.25) is 9.71 Å². The quantitative estimate of drug-likeness (QED) is 0.674. The van der Waals surface area contributed by atoms with Gasteiger partial charge in [-0.15, -0.1) is 0 Å². The number of aromatic nitrogens is 1. The Morgan fingerprint density at radius 2 is 1.59 bits per heavy atom. The van der Waals surface area contributed by atoms with E-state index in [9.17, 15) is 12.8 Å². The van der Waals surface area contributed by atoms with E-state index in [4.69, 9.17) is 0 Å². The molecule has 2 aromatic carbocycles. The summed E-state index contributed by atoms with van der Waals surface area (Å²) >= 11 is 0. The summed E-state index contributed by atoms with van der Waals surface area (Å²) in [6.45, 7) is 0.824. The fraction of sp³-hybridized carbons (Fsp3) is 0.150. The second-order valence-electron chi connectivity index (χ2n) is 6.13. The molecule has 0 aliphatic heterocycles. The van der Waals surface area contributed by atoms with Crippen molar-refractivity contribution in [1.29, 1.82) is 0 Å². The van der Waals surface area contributed by atoms with Gasteiger partial charge in [0.15, 0.2) is 0 Å². The number of benzene rings is 2. The van der Waals surface area contributed by atoms with E-state index in [0.717, 1.165) is 30.8 Å². The second kappa shape index (κ2) is 8.18. The van der Waals surface area contributed by atoms with Crippen LogP contribution in [0.25, 0.3) is 0 Å². The lowest BCUT2D eigenvalue weighted by molar-refractivity contribution is 0.599. The van der Waals surface area contributed by atoms with Crippen molar-refractivity contribution in [3.8, 4) is 0 Å². The number of pyridine rings is 1. The summed E-state index contributed by atoms with van der Waals surface area (Å²) < 4.78 is 40.2. The third-order valence-corrected chi connectivity index (χ3v) is 5.57. The smallest absolute Gasteiger partial charge is 0.261 e. The normalized spacial score (nSPS) is 11.2. The molecule has 140 valence electrons. The van der Waals surface area contributed by atoms with Crippen molar-refractivity contribution in [3.05, 3.63) is 84.4 Å². The van der Waals surface area contributed by atoms with E-state index >= 15 is 0 Å². The summed E-state index contributed by atoms with van der Waals surface area (Å²) in [6, 6.07) is 15.8. The van der Waals surface area contributed by atoms with Crippen LogP contribution >= 0.6 is 0 Å². The zero-order valence-electron chi connectivity index (χ0n) is 14.8. The number of hydrogen-bond donors (Lipinski definition) is 1. The molecular formula is C20H20FN3O2S. The van der Waals surface area contributed by atoms with E-state index in [1.165, 1.54) is 17.7 Å². The van der Waals surface area contributed by atoms with E-state index in [1.807, 2.05) is 31.3 Å². The molecule has 3 rings (SSSR count). The maximum absolute atomic E-state index is 13.0. The van der Waals surface area contributed by atoms with Crippen LogP contribution in [-0.2, 0) is 16.4 Å². The lowest BCUT2D eigenvalue weighted by Gasteiger charge is -2.19. The van der Waals surface area contributed by atoms with E-state index in [2.05, 4.69) is 14.6 Å². The molecule has 0 fully saturated rings. The van der Waals surface area contributed by atoms with Gasteiger partial charge >= 0.3 is 0 Å². The monoisotopic (exact) mass is 385 g/mol. The summed E-state index contributed by atoms with van der Waals surface area (Å²) in [5, 5.41) is 0. The Morgan fingerprint density at radius 3 is 2.22 bits per heavy atom. The fourth-order valence-corrected chi connectivity index (χ4v) is 3.65. The molecule has 0 bridgehead atoms. The van der Waals surface area contributed by atoms with E-state index in [0.29, 0.717) is 5.69 Å². The molecule has 0 aliphatic carbocycles. The van der Waals surface area contributed by atoms with Gasteiger partial charge in [-0.25, -0.2) is 12.8 Å². The number of likely N-dealkylation sites (N-methyl/N-ethyl adjacent to an activating group) is 1. The topological polar surface area (TPSA) is 62.3 Å². The van der Waals surface area contributed by atoms with Crippen molar-refractivity contribution >= 4 is 21.4 Å². The van der Waals surface area contributed by atoms with E-state index < -0.39 is 15.8 Å². The van der Waals surface area contributed by atoms with Crippen LogP contribution in [0.2, 0.25) is 0 Å². The molecule has 0 aliphatic rings. The van der Waals surface area contributed by atoms with Crippen molar-refractivity contribution < 1.29 is 12.8 Å². The summed E-state index contributed by atoms with van der Waals surface area (Å²) in [5.41, 5.74) is 2.64. The SMILES string of the molecule is CN(CCc1ccncc1)c1ccc(NS(=O)(=O)c2ccc(F)cc2)cc1. The lowest BCUT2D eigenvalue weighted by atomic mass is 10.2. The first-order valence-electron chi connectivity index (χ1n) is 8.42. The summed E-state index contributed by atoms with van der Waals surface area (Å²) in [4.78, 5) is 6.12. The van der Waals surface area contributed by atoms with Crippen molar-refractivity contribution in [1.82, 2.24) is 4.98 Å². The van der Waals surface area contributed by atoms with Crippen LogP contribution in [0.1, 0.15) is 5.56 Å². The Balaban J connectivity index is 1.63. The molecule has 1 aromatic heterocycles. The van der Waals surface area contributed by atoms with Gasteiger partial charge < -0.3 is 4.90 Å². The van der Waals surface area contributed by atoms with Gasteiger partial charge in [-0.2, -0.15) is 0 Å². The van der Waals surface area contributed by atoms with Crippen LogP contribution in [0.15, 0.2) is 78.0 Å². The van der Waals surface area contributed by atoms with Crippen molar-refractivity contribution in [2.24, 2.45) is 0 Å². The highest BCUT2D eigenvalue weighted by Crippen LogP contribution is 2.20. The summed E-state index contributed by atoms with van der Waals surface area (Å²) in [6.07, 6.45) is 4.44. The van der Waals surface area contributed by atoms with Crippen molar-refractivity contribution in [3.63, 3.8) is 0 Å². The van der Waals surface area contributed by atoms with E-state index in [-0.39, 0.29) is 4.90 Å². The molecule has 0 spiro atoms. The lowest BCUT2D eigenvalue weighted by Crippen LogP contribution is -2.20. The molecule has 7 heteroatoms. The third-order valence-electron chi connectivity index (χ3n) is 4.17. The van der Waals surface area contributed by atoms with Gasteiger partial charge in [0, 0.05) is 37.4 Å². The van der Waals surface area contributed by atoms with Crippen LogP contribution in [0.3, 0.4) is 0 Å². The Kier molecular flexibility index (Phi) is 5.71. The predicted octanol–water partition coefficient (Wildman–Crippen LogP) is 3.70. The average Bonchev–Trinajstić information content (AvgIpc) is 2.67. The van der Waals surface area contributed by atoms with Gasteiger partial charge in [0.2, 0.25) is 0 Å². The number of rotatable bonds is 7. The van der Waals surface area contributed by atoms with Crippen LogP contribution in [0, 0.1) is 5.82 Å². The Labute approximate surface area is 158 Å². The third kappa shape index (κ3) is 5.04. The number of hydrogen-bond acceptors (Lipinski definition) is 4. The van der Waals surface area contributed by atoms with Gasteiger partial charge in [0.1, 0.15) is 5.82 Å². The van der Waals surface area contributed by atoms with Gasteiger partial charge in [0.05, 0.1) is 4.90 Å². The fourth-order valence-electron chi connectivity index (χ4n) is 2.59. The first-order valence-corrected chi connectivity index (χ1v) is 9.91. The molecule has 1 N–H and O–H groups in total. The van der Waals surface area contributed by atoms with Crippen molar-refractivity contribution in [2.75, 3.05) is 23.2 Å². The first-order chi connectivity index (χ1) is 12.9. The largest absolute Gasteiger partial charge is 0.374 e. The maximum Gasteiger partial charge on any atom is 0.261 e. The molecule has 0 unspecified atom stereocenters. The van der Waals surface area contributed by atoms with Crippen LogP contribution in [0.4, 0.5) is 15.8 Å². The molecular weight excluding hydrogens is 365 g/mol. The van der Waals surface area contributed by atoms with Gasteiger partial charge in [0.25, 0.3) is 10.0 Å². The molecule has 27 heavy (non-hydrogen) atoms. The molecule has 0 amide bonds. The number of sulfonamides is 1. The molecule has 1 heterocycles. The number of halogens is 1. The number of nitrogens with zero attached hydrogens (tertiary/aromatic N) is 2. The highest BCUT2D eigenvalue weighted by atomic mass is 32.2. The molecule has 3 aromatic rings. The van der Waals surface area contributed by atoms with Crippen LogP contribution in [-0.4, -0.2) is 27.0 Å². The maximum atomic E-state index is 13.0. The van der Waals surface area contributed by atoms with Crippen LogP contribution in [0.5, 0.6) is 0 Å². The second-order valence-corrected chi connectivity index (χ2v) is 7.82. The van der Waals surface area contributed by atoms with Gasteiger partial charge in [-0.1, -0.05) is 0 Å². The highest BCUT2D eigenvalue weighted by molar-refractivity contribution is 7.92. The number of nitrogens with one attached hydrogen (secondary N) is 1. The minimum Gasteiger partial charge on any atom is -0.374 e. The van der Waals surface area contributed by atoms with Crippen molar-refractivity contribution in [2.45, 2.75) is 11.3 Å². The predicted molar refractivity (Wildman–Crippen MR) is 105 cm³/mol. The molecule has 5 nitrogen and oxygen atoms in total. The standard InChI is InChI=1S/C20H20FN3O2S/c1-24(15-12-16-10-13-22-14-11-16)19-6-4-18(5-7-19)23-27(25,26)20-8-2-17(21)3-9-20/h2-11,13-14,23H,12,15H2,1H3. The Bertz CT molecular complexity index is 976. The minimum absolute atomic E-state index is 0.0162. The highest BCUT2D eigenvalue weighted by Gasteiger charge is 2.14. The molecule has 0 saturated carbocycles. The average molecular weight is 385 g/mol. The molecule has 0 saturated heterocycles. The molecule has 0 radical (unpaired) electrons. The Hall–Kier alpha value is -2.93. The first kappa shape index (κ1) is 18.8. The minimum atomic E-state index is -3.75. The zero-order valence-corrected chi connectivity index (χ0v) is 15.7. The van der Waals surface area contributed by atoms with Crippen LogP contribution < -0.4 is 9.62 Å². The molecule has 0 atom stereocenters. The summed E-state index contributed by atoms with van der Waals surface area (Å²) in [5.74, 6) is -0.479. The van der Waals surface area contributed by atoms with Gasteiger partial charge in [-0.05, 0) is 72.6 Å². The summed E-state index contributed by atoms with van der Waals surface area (Å²) in [7, 11) is -1.76. The zero-order chi connectivity index (χ0) is 19.3. The van der Waals surface area contributed by atoms with E-state index in [1.54, 1.807) is 24.5 Å².